The number of hydrogen-bond acceptors (Lipinski definition) is 2. The van der Waals surface area contributed by atoms with Crippen molar-refractivity contribution in [2.45, 2.75) is 19.4 Å². The summed E-state index contributed by atoms with van der Waals surface area (Å²) in [5, 5.41) is 9.72. The Morgan fingerprint density at radius 3 is 2.69 bits per heavy atom. The number of hydrogen-bond donors (Lipinski definition) is 2. The molecule has 3 N–H and O–H groups in total. The third kappa shape index (κ3) is 2.99. The van der Waals surface area contributed by atoms with E-state index in [1.807, 2.05) is 12.1 Å². The Balaban J connectivity index is 2.79. The molecule has 3 heteroatoms. The van der Waals surface area contributed by atoms with Crippen LogP contribution in [0.3, 0.4) is 0 Å². The SMILES string of the molecule is NCCCc1ccc(Cl)cc1CO. The van der Waals surface area contributed by atoms with Crippen molar-refractivity contribution in [3.63, 3.8) is 0 Å². The molecule has 0 aliphatic rings. The molecule has 0 aromatic heterocycles. The van der Waals surface area contributed by atoms with Gasteiger partial charge in [-0.15, -0.1) is 0 Å². The van der Waals surface area contributed by atoms with E-state index >= 15 is 0 Å². The quantitative estimate of drug-likeness (QED) is 0.776. The summed E-state index contributed by atoms with van der Waals surface area (Å²) in [6.45, 7) is 0.716. The van der Waals surface area contributed by atoms with Gasteiger partial charge in [0.25, 0.3) is 0 Å². The number of benzene rings is 1. The van der Waals surface area contributed by atoms with Crippen molar-refractivity contribution in [1.29, 1.82) is 0 Å². The molecule has 0 radical (unpaired) electrons. The van der Waals surface area contributed by atoms with E-state index in [0.29, 0.717) is 11.6 Å². The highest BCUT2D eigenvalue weighted by molar-refractivity contribution is 6.30. The van der Waals surface area contributed by atoms with Crippen molar-refractivity contribution in [3.05, 3.63) is 34.3 Å². The summed E-state index contributed by atoms with van der Waals surface area (Å²) in [5.41, 5.74) is 7.45. The molecule has 0 aliphatic heterocycles. The highest BCUT2D eigenvalue weighted by atomic mass is 35.5. The Bertz CT molecular complexity index is 276. The normalized spacial score (nSPS) is 10.4. The molecule has 1 aromatic rings. The van der Waals surface area contributed by atoms with Gasteiger partial charge >= 0.3 is 0 Å². The van der Waals surface area contributed by atoms with Crippen LogP contribution in [0.25, 0.3) is 0 Å². The van der Waals surface area contributed by atoms with Gasteiger partial charge in [-0.25, -0.2) is 0 Å². The maximum atomic E-state index is 9.05. The third-order valence-corrected chi connectivity index (χ3v) is 2.22. The number of halogens is 1. The molecule has 72 valence electrons. The first-order valence-corrected chi connectivity index (χ1v) is 4.74. The number of aliphatic hydroxyl groups excluding tert-OH is 1. The number of aliphatic hydroxyl groups is 1. The monoisotopic (exact) mass is 199 g/mol. The molecule has 1 rings (SSSR count). The maximum absolute atomic E-state index is 9.05. The van der Waals surface area contributed by atoms with Crippen molar-refractivity contribution in [2.24, 2.45) is 5.73 Å². The molecular formula is C10H14ClNO. The van der Waals surface area contributed by atoms with Crippen LogP contribution < -0.4 is 5.73 Å². The van der Waals surface area contributed by atoms with Gasteiger partial charge in [0.2, 0.25) is 0 Å². The fraction of sp³-hybridized carbons (Fsp3) is 0.400. The van der Waals surface area contributed by atoms with E-state index < -0.39 is 0 Å². The molecule has 0 unspecified atom stereocenters. The van der Waals surface area contributed by atoms with Crippen LogP contribution in [-0.2, 0) is 13.0 Å². The molecule has 0 heterocycles. The Labute approximate surface area is 83.3 Å². The lowest BCUT2D eigenvalue weighted by atomic mass is 10.0. The number of rotatable bonds is 4. The van der Waals surface area contributed by atoms with E-state index in [2.05, 4.69) is 0 Å². The average molecular weight is 200 g/mol. The van der Waals surface area contributed by atoms with E-state index in [9.17, 15) is 0 Å². The number of aryl methyl sites for hydroxylation is 1. The molecular weight excluding hydrogens is 186 g/mol. The Morgan fingerprint density at radius 1 is 1.31 bits per heavy atom. The van der Waals surface area contributed by atoms with Gasteiger partial charge in [0, 0.05) is 5.02 Å². The van der Waals surface area contributed by atoms with Crippen molar-refractivity contribution in [2.75, 3.05) is 6.54 Å². The molecule has 13 heavy (non-hydrogen) atoms. The predicted molar refractivity (Wildman–Crippen MR) is 54.8 cm³/mol. The van der Waals surface area contributed by atoms with E-state index in [1.165, 1.54) is 0 Å². The molecule has 1 aromatic carbocycles. The molecule has 0 saturated heterocycles. The molecule has 0 atom stereocenters. The van der Waals surface area contributed by atoms with Crippen LogP contribution in [0.5, 0.6) is 0 Å². The van der Waals surface area contributed by atoms with Crippen LogP contribution in [0.4, 0.5) is 0 Å². The van der Waals surface area contributed by atoms with Gasteiger partial charge in [0.1, 0.15) is 0 Å². The smallest absolute Gasteiger partial charge is 0.0685 e. The minimum atomic E-state index is 0.0421. The van der Waals surface area contributed by atoms with Gasteiger partial charge < -0.3 is 10.8 Å². The summed E-state index contributed by atoms with van der Waals surface area (Å²) in [7, 11) is 0. The fourth-order valence-corrected chi connectivity index (χ4v) is 1.47. The summed E-state index contributed by atoms with van der Waals surface area (Å²) in [4.78, 5) is 0. The lowest BCUT2D eigenvalue weighted by Gasteiger charge is -2.06. The Hall–Kier alpha value is -0.570. The highest BCUT2D eigenvalue weighted by Gasteiger charge is 2.01. The molecule has 0 saturated carbocycles. The van der Waals surface area contributed by atoms with E-state index in [0.717, 1.165) is 24.0 Å². The van der Waals surface area contributed by atoms with E-state index in [4.69, 9.17) is 22.4 Å². The predicted octanol–water partition coefficient (Wildman–Crippen LogP) is 1.72. The van der Waals surface area contributed by atoms with Crippen LogP contribution in [0, 0.1) is 0 Å². The second-order valence-corrected chi connectivity index (χ2v) is 3.40. The molecule has 0 amide bonds. The minimum Gasteiger partial charge on any atom is -0.392 e. The highest BCUT2D eigenvalue weighted by Crippen LogP contribution is 2.17. The first-order chi connectivity index (χ1) is 6.27. The van der Waals surface area contributed by atoms with E-state index in [1.54, 1.807) is 6.07 Å². The number of nitrogens with two attached hydrogens (primary N) is 1. The second kappa shape index (κ2) is 5.22. The van der Waals surface area contributed by atoms with Gasteiger partial charge in [0.15, 0.2) is 0 Å². The van der Waals surface area contributed by atoms with Crippen molar-refractivity contribution in [1.82, 2.24) is 0 Å². The topological polar surface area (TPSA) is 46.2 Å². The van der Waals surface area contributed by atoms with E-state index in [-0.39, 0.29) is 6.61 Å². The van der Waals surface area contributed by atoms with Crippen molar-refractivity contribution >= 4 is 11.6 Å². The van der Waals surface area contributed by atoms with Gasteiger partial charge in [-0.3, -0.25) is 0 Å². The summed E-state index contributed by atoms with van der Waals surface area (Å²) < 4.78 is 0. The Morgan fingerprint density at radius 2 is 2.08 bits per heavy atom. The van der Waals surface area contributed by atoms with Crippen molar-refractivity contribution < 1.29 is 5.11 Å². The van der Waals surface area contributed by atoms with Crippen LogP contribution in [0.1, 0.15) is 17.5 Å². The molecule has 0 spiro atoms. The van der Waals surface area contributed by atoms with Crippen LogP contribution in [0.2, 0.25) is 5.02 Å². The second-order valence-electron chi connectivity index (χ2n) is 2.96. The summed E-state index contributed by atoms with van der Waals surface area (Å²) in [6.07, 6.45) is 1.85. The first-order valence-electron chi connectivity index (χ1n) is 4.36. The van der Waals surface area contributed by atoms with Crippen LogP contribution in [0.15, 0.2) is 18.2 Å². The minimum absolute atomic E-state index is 0.0421. The maximum Gasteiger partial charge on any atom is 0.0685 e. The van der Waals surface area contributed by atoms with Gasteiger partial charge in [-0.1, -0.05) is 17.7 Å². The standard InChI is InChI=1S/C10H14ClNO/c11-10-4-3-8(2-1-5-12)9(6-10)7-13/h3-4,6,13H,1-2,5,7,12H2. The zero-order chi connectivity index (χ0) is 9.68. The Kier molecular flexibility index (Phi) is 4.22. The fourth-order valence-electron chi connectivity index (χ4n) is 1.28. The lowest BCUT2D eigenvalue weighted by Crippen LogP contribution is -2.02. The first kappa shape index (κ1) is 10.5. The zero-order valence-electron chi connectivity index (χ0n) is 7.46. The molecule has 0 fully saturated rings. The van der Waals surface area contributed by atoms with Gasteiger partial charge in [0.05, 0.1) is 6.61 Å². The lowest BCUT2D eigenvalue weighted by molar-refractivity contribution is 0.280. The summed E-state index contributed by atoms with van der Waals surface area (Å²) >= 11 is 5.79. The van der Waals surface area contributed by atoms with Gasteiger partial charge in [-0.2, -0.15) is 0 Å². The molecule has 0 aliphatic carbocycles. The molecule has 0 bridgehead atoms. The third-order valence-electron chi connectivity index (χ3n) is 1.99. The molecule has 2 nitrogen and oxygen atoms in total. The summed E-state index contributed by atoms with van der Waals surface area (Å²) in [5.74, 6) is 0. The average Bonchev–Trinajstić information content (AvgIpc) is 2.16. The van der Waals surface area contributed by atoms with Gasteiger partial charge in [-0.05, 0) is 42.6 Å². The van der Waals surface area contributed by atoms with Crippen LogP contribution in [-0.4, -0.2) is 11.7 Å². The summed E-state index contributed by atoms with van der Waals surface area (Å²) in [6, 6.07) is 5.59. The zero-order valence-corrected chi connectivity index (χ0v) is 8.22. The van der Waals surface area contributed by atoms with Crippen molar-refractivity contribution in [3.8, 4) is 0 Å². The largest absolute Gasteiger partial charge is 0.392 e. The van der Waals surface area contributed by atoms with Crippen LogP contribution >= 0.6 is 11.6 Å².